The average Bonchev–Trinajstić information content (AvgIpc) is 3.10. The molecule has 1 fully saturated rings. The summed E-state index contributed by atoms with van der Waals surface area (Å²) in [7, 11) is 0. The molecule has 1 aromatic heterocycles. The first kappa shape index (κ1) is 19.3. The van der Waals surface area contributed by atoms with Gasteiger partial charge < -0.3 is 15.5 Å². The van der Waals surface area contributed by atoms with Gasteiger partial charge in [0.25, 0.3) is 0 Å². The lowest BCUT2D eigenvalue weighted by molar-refractivity contribution is 0.183. The Hall–Kier alpha value is -1.07. The summed E-state index contributed by atoms with van der Waals surface area (Å²) in [4.78, 5) is 8.82. The largest absolute Gasteiger partial charge is 0.357 e. The van der Waals surface area contributed by atoms with Gasteiger partial charge in [-0.15, -0.1) is 11.3 Å². The molecule has 2 unspecified atom stereocenters. The molecule has 0 radical (unpaired) electrons. The molecule has 0 spiro atoms. The zero-order valence-corrected chi connectivity index (χ0v) is 16.4. The predicted octanol–water partition coefficient (Wildman–Crippen LogP) is 3.21. The van der Waals surface area contributed by atoms with Gasteiger partial charge in [0.1, 0.15) is 0 Å². The zero-order valence-electron chi connectivity index (χ0n) is 15.6. The lowest BCUT2D eigenvalue weighted by atomic mass is 9.98. The maximum absolute atomic E-state index is 4.80. The highest BCUT2D eigenvalue weighted by Crippen LogP contribution is 2.16. The van der Waals surface area contributed by atoms with Crippen molar-refractivity contribution in [1.29, 1.82) is 0 Å². The summed E-state index contributed by atoms with van der Waals surface area (Å²) in [6, 6.07) is 4.35. The van der Waals surface area contributed by atoms with Crippen LogP contribution in [-0.4, -0.2) is 50.1 Å². The highest BCUT2D eigenvalue weighted by Gasteiger charge is 2.18. The number of thiophene rings is 1. The monoisotopic (exact) mass is 350 g/mol. The number of rotatable bonds is 8. The van der Waals surface area contributed by atoms with Crippen molar-refractivity contribution in [2.45, 2.75) is 40.0 Å². The number of nitrogens with one attached hydrogen (secondary N) is 2. The van der Waals surface area contributed by atoms with Crippen LogP contribution in [0.4, 0.5) is 0 Å². The Morgan fingerprint density at radius 3 is 3.00 bits per heavy atom. The van der Waals surface area contributed by atoms with Gasteiger partial charge in [0, 0.05) is 31.1 Å². The van der Waals surface area contributed by atoms with E-state index in [4.69, 9.17) is 4.99 Å². The molecule has 2 atom stereocenters. The van der Waals surface area contributed by atoms with E-state index in [1.807, 2.05) is 11.3 Å². The lowest BCUT2D eigenvalue weighted by Crippen LogP contribution is -2.44. The summed E-state index contributed by atoms with van der Waals surface area (Å²) in [5, 5.41) is 9.11. The smallest absolute Gasteiger partial charge is 0.191 e. The highest BCUT2D eigenvalue weighted by atomic mass is 32.1. The van der Waals surface area contributed by atoms with E-state index in [9.17, 15) is 0 Å². The summed E-state index contributed by atoms with van der Waals surface area (Å²) in [6.45, 7) is 13.1. The molecule has 0 aliphatic carbocycles. The van der Waals surface area contributed by atoms with Crippen molar-refractivity contribution in [3.8, 4) is 0 Å². The second-order valence-corrected chi connectivity index (χ2v) is 7.92. The van der Waals surface area contributed by atoms with E-state index in [1.165, 1.54) is 37.4 Å². The molecule has 2 heterocycles. The molecule has 2 rings (SSSR count). The lowest BCUT2D eigenvalue weighted by Gasteiger charge is -2.32. The van der Waals surface area contributed by atoms with Crippen molar-refractivity contribution in [3.05, 3.63) is 22.4 Å². The minimum Gasteiger partial charge on any atom is -0.357 e. The molecule has 1 aromatic rings. The van der Waals surface area contributed by atoms with Gasteiger partial charge in [0.2, 0.25) is 0 Å². The molecule has 2 N–H and O–H groups in total. The molecule has 4 nitrogen and oxygen atoms in total. The van der Waals surface area contributed by atoms with E-state index >= 15 is 0 Å². The van der Waals surface area contributed by atoms with Crippen LogP contribution in [0.2, 0.25) is 0 Å². The zero-order chi connectivity index (χ0) is 17.2. The maximum atomic E-state index is 4.80. The molecular weight excluding hydrogens is 316 g/mol. The SMILES string of the molecule is CCNC(=NCC(C)Cc1cccs1)NCC1CCCN(CC)C1. The molecule has 0 aromatic carbocycles. The molecule has 1 aliphatic rings. The van der Waals surface area contributed by atoms with Gasteiger partial charge in [-0.05, 0) is 62.6 Å². The first-order chi connectivity index (χ1) is 11.7. The van der Waals surface area contributed by atoms with Gasteiger partial charge in [-0.1, -0.05) is 19.9 Å². The molecule has 0 bridgehead atoms. The molecule has 5 heteroatoms. The van der Waals surface area contributed by atoms with E-state index < -0.39 is 0 Å². The van der Waals surface area contributed by atoms with Crippen molar-refractivity contribution >= 4 is 17.3 Å². The van der Waals surface area contributed by atoms with Crippen molar-refractivity contribution in [2.24, 2.45) is 16.8 Å². The van der Waals surface area contributed by atoms with E-state index in [-0.39, 0.29) is 0 Å². The van der Waals surface area contributed by atoms with Crippen LogP contribution >= 0.6 is 11.3 Å². The van der Waals surface area contributed by atoms with Crippen molar-refractivity contribution in [3.63, 3.8) is 0 Å². The van der Waals surface area contributed by atoms with Crippen LogP contribution in [-0.2, 0) is 6.42 Å². The van der Waals surface area contributed by atoms with Crippen LogP contribution in [0.1, 0.15) is 38.5 Å². The fourth-order valence-corrected chi connectivity index (χ4v) is 4.14. The summed E-state index contributed by atoms with van der Waals surface area (Å²) < 4.78 is 0. The van der Waals surface area contributed by atoms with Crippen LogP contribution in [0.15, 0.2) is 22.5 Å². The number of hydrogen-bond donors (Lipinski definition) is 2. The standard InChI is InChI=1S/C19H34N4S/c1-4-20-19(21-13-16(3)12-18-9-7-11-24-18)22-14-17-8-6-10-23(5-2)15-17/h7,9,11,16-17H,4-6,8,10,12-15H2,1-3H3,(H2,20,21,22). The molecular formula is C19H34N4S. The first-order valence-corrected chi connectivity index (χ1v) is 10.4. The van der Waals surface area contributed by atoms with Gasteiger partial charge in [-0.25, -0.2) is 0 Å². The molecule has 0 saturated carbocycles. The van der Waals surface area contributed by atoms with Gasteiger partial charge in [-0.3, -0.25) is 4.99 Å². The molecule has 0 amide bonds. The summed E-state index contributed by atoms with van der Waals surface area (Å²) in [5.74, 6) is 2.29. The van der Waals surface area contributed by atoms with Gasteiger partial charge >= 0.3 is 0 Å². The normalized spacial score (nSPS) is 20.8. The van der Waals surface area contributed by atoms with Crippen molar-refractivity contribution in [2.75, 3.05) is 39.3 Å². The van der Waals surface area contributed by atoms with E-state index in [0.29, 0.717) is 5.92 Å². The van der Waals surface area contributed by atoms with E-state index in [2.05, 4.69) is 53.8 Å². The minimum atomic E-state index is 0.573. The minimum absolute atomic E-state index is 0.573. The Morgan fingerprint density at radius 1 is 1.42 bits per heavy atom. The number of piperidine rings is 1. The van der Waals surface area contributed by atoms with Gasteiger partial charge in [0.05, 0.1) is 0 Å². The Kier molecular flexibility index (Phi) is 8.60. The quantitative estimate of drug-likeness (QED) is 0.559. The Balaban J connectivity index is 1.77. The molecule has 24 heavy (non-hydrogen) atoms. The topological polar surface area (TPSA) is 39.7 Å². The number of aliphatic imine (C=N–C) groups is 1. The van der Waals surface area contributed by atoms with E-state index in [1.54, 1.807) is 0 Å². The summed E-state index contributed by atoms with van der Waals surface area (Å²) >= 11 is 1.84. The molecule has 1 saturated heterocycles. The number of likely N-dealkylation sites (tertiary alicyclic amines) is 1. The third kappa shape index (κ3) is 6.81. The van der Waals surface area contributed by atoms with Crippen LogP contribution in [0, 0.1) is 11.8 Å². The maximum Gasteiger partial charge on any atom is 0.191 e. The third-order valence-electron chi connectivity index (χ3n) is 4.64. The number of guanidine groups is 1. The number of nitrogens with zero attached hydrogens (tertiary/aromatic N) is 2. The Morgan fingerprint density at radius 2 is 2.29 bits per heavy atom. The second-order valence-electron chi connectivity index (χ2n) is 6.89. The molecule has 136 valence electrons. The van der Waals surface area contributed by atoms with Crippen molar-refractivity contribution < 1.29 is 0 Å². The van der Waals surface area contributed by atoms with Crippen LogP contribution < -0.4 is 10.6 Å². The predicted molar refractivity (Wildman–Crippen MR) is 106 cm³/mol. The highest BCUT2D eigenvalue weighted by molar-refractivity contribution is 7.09. The van der Waals surface area contributed by atoms with E-state index in [0.717, 1.165) is 37.9 Å². The second kappa shape index (κ2) is 10.7. The number of hydrogen-bond acceptors (Lipinski definition) is 3. The van der Waals surface area contributed by atoms with Crippen LogP contribution in [0.25, 0.3) is 0 Å². The van der Waals surface area contributed by atoms with Crippen LogP contribution in [0.3, 0.4) is 0 Å². The summed E-state index contributed by atoms with van der Waals surface area (Å²) in [6.07, 6.45) is 3.78. The average molecular weight is 351 g/mol. The Labute approximate surface area is 151 Å². The van der Waals surface area contributed by atoms with Gasteiger partial charge in [0.15, 0.2) is 5.96 Å². The van der Waals surface area contributed by atoms with Crippen molar-refractivity contribution in [1.82, 2.24) is 15.5 Å². The van der Waals surface area contributed by atoms with Gasteiger partial charge in [-0.2, -0.15) is 0 Å². The first-order valence-electron chi connectivity index (χ1n) is 9.48. The fraction of sp³-hybridized carbons (Fsp3) is 0.737. The third-order valence-corrected chi connectivity index (χ3v) is 5.54. The molecule has 1 aliphatic heterocycles. The Bertz CT molecular complexity index is 472. The van der Waals surface area contributed by atoms with Crippen LogP contribution in [0.5, 0.6) is 0 Å². The summed E-state index contributed by atoms with van der Waals surface area (Å²) in [5.41, 5.74) is 0. The fourth-order valence-electron chi connectivity index (χ4n) is 3.27.